The Balaban J connectivity index is 1.95. The van der Waals surface area contributed by atoms with Gasteiger partial charge in [-0.2, -0.15) is 0 Å². The van der Waals surface area contributed by atoms with Crippen LogP contribution in [-0.2, 0) is 11.2 Å². The molecule has 0 aromatic heterocycles. The molecule has 0 saturated carbocycles. The SMILES string of the molecule is CCc1ccc(NC(=O)C(C)N(C)C2CCN(C)CC2)cc1N. The van der Waals surface area contributed by atoms with E-state index in [1.54, 1.807) is 0 Å². The maximum atomic E-state index is 12.5. The van der Waals surface area contributed by atoms with Crippen LogP contribution < -0.4 is 11.1 Å². The zero-order valence-corrected chi connectivity index (χ0v) is 14.8. The predicted octanol–water partition coefficient (Wildman–Crippen LogP) is 2.18. The minimum Gasteiger partial charge on any atom is -0.398 e. The normalized spacial score (nSPS) is 18.1. The number of anilines is 2. The Morgan fingerprint density at radius 1 is 1.43 bits per heavy atom. The van der Waals surface area contributed by atoms with E-state index >= 15 is 0 Å². The molecule has 3 N–H and O–H groups in total. The van der Waals surface area contributed by atoms with Gasteiger partial charge in [0, 0.05) is 17.4 Å². The third kappa shape index (κ3) is 4.45. The highest BCUT2D eigenvalue weighted by atomic mass is 16.2. The highest BCUT2D eigenvalue weighted by Crippen LogP contribution is 2.20. The van der Waals surface area contributed by atoms with Gasteiger partial charge in [0.2, 0.25) is 5.91 Å². The van der Waals surface area contributed by atoms with Gasteiger partial charge in [0.25, 0.3) is 0 Å². The van der Waals surface area contributed by atoms with Gasteiger partial charge in [-0.15, -0.1) is 0 Å². The van der Waals surface area contributed by atoms with Gasteiger partial charge in [-0.1, -0.05) is 13.0 Å². The van der Waals surface area contributed by atoms with Crippen LogP contribution in [0.1, 0.15) is 32.3 Å². The van der Waals surface area contributed by atoms with Crippen LogP contribution >= 0.6 is 0 Å². The van der Waals surface area contributed by atoms with E-state index in [2.05, 4.69) is 36.1 Å². The van der Waals surface area contributed by atoms with Crippen LogP contribution in [0, 0.1) is 0 Å². The summed E-state index contributed by atoms with van der Waals surface area (Å²) in [5, 5.41) is 2.99. The standard InChI is InChI=1S/C18H30N4O/c1-5-14-6-7-15(12-17(14)19)20-18(23)13(2)22(4)16-8-10-21(3)11-9-16/h6-7,12-13,16H,5,8-11,19H2,1-4H3,(H,20,23). The second-order valence-electron chi connectivity index (χ2n) is 6.63. The molecule has 2 rings (SSSR count). The summed E-state index contributed by atoms with van der Waals surface area (Å²) in [5.41, 5.74) is 8.63. The van der Waals surface area contributed by atoms with Crippen molar-refractivity contribution in [3.05, 3.63) is 23.8 Å². The summed E-state index contributed by atoms with van der Waals surface area (Å²) in [6, 6.07) is 6.07. The fraction of sp³-hybridized carbons (Fsp3) is 0.611. The number of hydrogen-bond donors (Lipinski definition) is 2. The predicted molar refractivity (Wildman–Crippen MR) is 96.6 cm³/mol. The second-order valence-corrected chi connectivity index (χ2v) is 6.63. The molecule has 1 atom stereocenters. The van der Waals surface area contributed by atoms with E-state index in [-0.39, 0.29) is 11.9 Å². The molecule has 1 aliphatic heterocycles. The molecule has 0 bridgehead atoms. The number of aryl methyl sites for hydroxylation is 1. The van der Waals surface area contributed by atoms with E-state index in [1.165, 1.54) is 0 Å². The van der Waals surface area contributed by atoms with Gasteiger partial charge in [0.05, 0.1) is 6.04 Å². The first kappa shape index (κ1) is 17.8. The van der Waals surface area contributed by atoms with Crippen LogP contribution in [0.5, 0.6) is 0 Å². The smallest absolute Gasteiger partial charge is 0.241 e. The van der Waals surface area contributed by atoms with Crippen molar-refractivity contribution in [2.45, 2.75) is 45.2 Å². The molecule has 5 nitrogen and oxygen atoms in total. The van der Waals surface area contributed by atoms with Crippen LogP contribution in [0.25, 0.3) is 0 Å². The lowest BCUT2D eigenvalue weighted by Gasteiger charge is -2.37. The zero-order chi connectivity index (χ0) is 17.0. The van der Waals surface area contributed by atoms with Gasteiger partial charge >= 0.3 is 0 Å². The molecule has 0 radical (unpaired) electrons. The number of carbonyl (C=O) groups is 1. The number of benzene rings is 1. The van der Waals surface area contributed by atoms with Crippen molar-refractivity contribution in [2.75, 3.05) is 38.2 Å². The summed E-state index contributed by atoms with van der Waals surface area (Å²) >= 11 is 0. The third-order valence-electron chi connectivity index (χ3n) is 5.05. The number of nitrogens with zero attached hydrogens (tertiary/aromatic N) is 2. The lowest BCUT2D eigenvalue weighted by atomic mass is 10.0. The molecule has 1 saturated heterocycles. The maximum Gasteiger partial charge on any atom is 0.241 e. The van der Waals surface area contributed by atoms with Gasteiger partial charge in [-0.25, -0.2) is 0 Å². The molecule has 1 unspecified atom stereocenters. The van der Waals surface area contributed by atoms with Crippen LogP contribution in [0.2, 0.25) is 0 Å². The van der Waals surface area contributed by atoms with E-state index in [0.717, 1.165) is 49.3 Å². The quantitative estimate of drug-likeness (QED) is 0.817. The van der Waals surface area contributed by atoms with Gasteiger partial charge < -0.3 is 16.0 Å². The highest BCUT2D eigenvalue weighted by molar-refractivity contribution is 5.95. The summed E-state index contributed by atoms with van der Waals surface area (Å²) < 4.78 is 0. The lowest BCUT2D eigenvalue weighted by Crippen LogP contribution is -2.49. The Morgan fingerprint density at radius 3 is 2.65 bits per heavy atom. The van der Waals surface area contributed by atoms with Crippen LogP contribution in [0.4, 0.5) is 11.4 Å². The number of nitrogens with two attached hydrogens (primary N) is 1. The number of likely N-dealkylation sites (N-methyl/N-ethyl adjacent to an activating group) is 1. The van der Waals surface area contributed by atoms with Crippen LogP contribution in [0.3, 0.4) is 0 Å². The van der Waals surface area contributed by atoms with Gasteiger partial charge in [-0.05, 0) is 71.1 Å². The summed E-state index contributed by atoms with van der Waals surface area (Å²) in [7, 11) is 4.20. The van der Waals surface area contributed by atoms with Crippen molar-refractivity contribution in [3.8, 4) is 0 Å². The van der Waals surface area contributed by atoms with E-state index in [0.29, 0.717) is 6.04 Å². The Hall–Kier alpha value is -1.59. The molecule has 1 fully saturated rings. The molecular weight excluding hydrogens is 288 g/mol. The molecule has 128 valence electrons. The summed E-state index contributed by atoms with van der Waals surface area (Å²) in [4.78, 5) is 17.1. The van der Waals surface area contributed by atoms with E-state index < -0.39 is 0 Å². The molecular formula is C18H30N4O. The van der Waals surface area contributed by atoms with Gasteiger partial charge in [0.15, 0.2) is 0 Å². The minimum atomic E-state index is -0.157. The van der Waals surface area contributed by atoms with Crippen molar-refractivity contribution in [1.82, 2.24) is 9.80 Å². The van der Waals surface area contributed by atoms with Crippen molar-refractivity contribution >= 4 is 17.3 Å². The Labute approximate surface area is 139 Å². The number of hydrogen-bond acceptors (Lipinski definition) is 4. The Morgan fingerprint density at radius 2 is 2.09 bits per heavy atom. The van der Waals surface area contributed by atoms with Crippen molar-refractivity contribution in [3.63, 3.8) is 0 Å². The number of piperidine rings is 1. The Bertz CT molecular complexity index is 538. The van der Waals surface area contributed by atoms with Crippen LogP contribution in [0.15, 0.2) is 18.2 Å². The fourth-order valence-corrected chi connectivity index (χ4v) is 3.14. The average Bonchev–Trinajstić information content (AvgIpc) is 2.54. The molecule has 23 heavy (non-hydrogen) atoms. The van der Waals surface area contributed by atoms with E-state index in [9.17, 15) is 4.79 Å². The van der Waals surface area contributed by atoms with Crippen molar-refractivity contribution in [2.24, 2.45) is 0 Å². The number of rotatable bonds is 5. The zero-order valence-electron chi connectivity index (χ0n) is 14.8. The number of carbonyl (C=O) groups excluding carboxylic acids is 1. The number of likely N-dealkylation sites (tertiary alicyclic amines) is 1. The largest absolute Gasteiger partial charge is 0.398 e. The molecule has 1 aliphatic rings. The summed E-state index contributed by atoms with van der Waals surface area (Å²) in [6.07, 6.45) is 3.13. The third-order valence-corrected chi connectivity index (χ3v) is 5.05. The van der Waals surface area contributed by atoms with E-state index in [1.807, 2.05) is 25.1 Å². The summed E-state index contributed by atoms with van der Waals surface area (Å²) in [6.45, 7) is 6.23. The van der Waals surface area contributed by atoms with Crippen LogP contribution in [-0.4, -0.2) is 55.0 Å². The van der Waals surface area contributed by atoms with Crippen molar-refractivity contribution < 1.29 is 4.79 Å². The molecule has 0 spiro atoms. The average molecular weight is 318 g/mol. The van der Waals surface area contributed by atoms with Gasteiger partial charge in [0.1, 0.15) is 0 Å². The monoisotopic (exact) mass is 318 g/mol. The fourth-order valence-electron chi connectivity index (χ4n) is 3.14. The molecule has 1 aromatic carbocycles. The molecule has 0 aliphatic carbocycles. The molecule has 1 aromatic rings. The Kier molecular flexibility index (Phi) is 6.02. The molecule has 1 heterocycles. The highest BCUT2D eigenvalue weighted by Gasteiger charge is 2.27. The van der Waals surface area contributed by atoms with Gasteiger partial charge in [-0.3, -0.25) is 9.69 Å². The first-order chi connectivity index (χ1) is 10.9. The second kappa shape index (κ2) is 7.79. The molecule has 5 heteroatoms. The van der Waals surface area contributed by atoms with Crippen molar-refractivity contribution in [1.29, 1.82) is 0 Å². The maximum absolute atomic E-state index is 12.5. The first-order valence-corrected chi connectivity index (χ1v) is 8.52. The summed E-state index contributed by atoms with van der Waals surface area (Å²) in [5.74, 6) is 0.0232. The number of nitrogens with one attached hydrogen (secondary N) is 1. The topological polar surface area (TPSA) is 61.6 Å². The van der Waals surface area contributed by atoms with E-state index in [4.69, 9.17) is 5.73 Å². The number of nitrogen functional groups attached to an aromatic ring is 1. The number of amides is 1. The molecule has 1 amide bonds. The lowest BCUT2D eigenvalue weighted by molar-refractivity contribution is -0.121. The first-order valence-electron chi connectivity index (χ1n) is 8.52. The minimum absolute atomic E-state index is 0.0232.